The van der Waals surface area contributed by atoms with Gasteiger partial charge in [0.1, 0.15) is 5.75 Å². The Morgan fingerprint density at radius 2 is 2.14 bits per heavy atom. The molecule has 1 aromatic rings. The number of hydrogen-bond acceptors (Lipinski definition) is 4. The molecule has 1 fully saturated rings. The van der Waals surface area contributed by atoms with Gasteiger partial charge < -0.3 is 15.4 Å². The summed E-state index contributed by atoms with van der Waals surface area (Å²) in [5.41, 5.74) is 0. The van der Waals surface area contributed by atoms with Crippen LogP contribution in [-0.2, 0) is 4.79 Å². The van der Waals surface area contributed by atoms with Gasteiger partial charge in [-0.2, -0.15) is 0 Å². The molecule has 0 radical (unpaired) electrons. The van der Waals surface area contributed by atoms with Crippen molar-refractivity contribution in [3.63, 3.8) is 0 Å². The summed E-state index contributed by atoms with van der Waals surface area (Å²) in [4.78, 5) is 14.0. The van der Waals surface area contributed by atoms with Crippen molar-refractivity contribution in [3.8, 4) is 5.75 Å². The van der Waals surface area contributed by atoms with Crippen LogP contribution in [0.25, 0.3) is 0 Å². The Kier molecular flexibility index (Phi) is 8.68. The number of ether oxygens (including phenoxy) is 1. The molecule has 21 heavy (non-hydrogen) atoms. The minimum absolute atomic E-state index is 0. The number of nitrogens with one attached hydrogen (secondary N) is 2. The highest BCUT2D eigenvalue weighted by Crippen LogP contribution is 2.17. The van der Waals surface area contributed by atoms with Crippen molar-refractivity contribution in [1.82, 2.24) is 15.5 Å². The van der Waals surface area contributed by atoms with Crippen molar-refractivity contribution < 1.29 is 9.53 Å². The smallest absolute Gasteiger partial charge is 0.257 e. The highest BCUT2D eigenvalue weighted by molar-refractivity contribution is 9.10. The fourth-order valence-electron chi connectivity index (χ4n) is 2.04. The molecule has 2 rings (SSSR count). The van der Waals surface area contributed by atoms with Crippen LogP contribution in [0.3, 0.4) is 0 Å². The van der Waals surface area contributed by atoms with Gasteiger partial charge in [0, 0.05) is 43.7 Å². The van der Waals surface area contributed by atoms with E-state index in [1.807, 2.05) is 24.3 Å². The number of carbonyl (C=O) groups excluding carboxylic acids is 1. The van der Waals surface area contributed by atoms with E-state index in [0.717, 1.165) is 37.2 Å². The van der Waals surface area contributed by atoms with Gasteiger partial charge in [-0.1, -0.05) is 22.0 Å². The first-order chi connectivity index (χ1) is 9.74. The van der Waals surface area contributed by atoms with E-state index in [2.05, 4.69) is 31.5 Å². The lowest BCUT2D eigenvalue weighted by Crippen LogP contribution is -2.46. The van der Waals surface area contributed by atoms with E-state index in [0.29, 0.717) is 12.3 Å². The monoisotopic (exact) mass is 377 g/mol. The van der Waals surface area contributed by atoms with Crippen LogP contribution >= 0.6 is 28.3 Å². The number of nitrogens with zero attached hydrogens (tertiary/aromatic N) is 1. The van der Waals surface area contributed by atoms with Crippen molar-refractivity contribution >= 4 is 34.2 Å². The van der Waals surface area contributed by atoms with E-state index in [9.17, 15) is 4.79 Å². The quantitative estimate of drug-likeness (QED) is 0.783. The first-order valence-corrected chi connectivity index (χ1v) is 7.61. The lowest BCUT2D eigenvalue weighted by Gasteiger charge is -2.27. The molecular weight excluding hydrogens is 358 g/mol. The van der Waals surface area contributed by atoms with Gasteiger partial charge >= 0.3 is 0 Å². The molecule has 1 aromatic carbocycles. The van der Waals surface area contributed by atoms with Crippen LogP contribution in [0.5, 0.6) is 5.75 Å². The Hall–Kier alpha value is -0.820. The third-order valence-electron chi connectivity index (χ3n) is 3.13. The first kappa shape index (κ1) is 18.2. The number of carbonyl (C=O) groups is 1. The first-order valence-electron chi connectivity index (χ1n) is 6.82. The molecule has 0 aromatic heterocycles. The Morgan fingerprint density at radius 1 is 1.38 bits per heavy atom. The Morgan fingerprint density at radius 3 is 2.86 bits per heavy atom. The minimum atomic E-state index is -0.0832. The summed E-state index contributed by atoms with van der Waals surface area (Å²) in [7, 11) is 0. The van der Waals surface area contributed by atoms with E-state index >= 15 is 0 Å². The third-order valence-corrected chi connectivity index (χ3v) is 3.62. The van der Waals surface area contributed by atoms with Gasteiger partial charge in [0.2, 0.25) is 0 Å². The number of piperazine rings is 1. The number of halogens is 2. The molecule has 0 saturated carbocycles. The Bertz CT molecular complexity index is 442. The van der Waals surface area contributed by atoms with E-state index in [4.69, 9.17) is 4.74 Å². The maximum Gasteiger partial charge on any atom is 0.257 e. The molecule has 1 heterocycles. The number of amides is 1. The van der Waals surface area contributed by atoms with Crippen molar-refractivity contribution in [3.05, 3.63) is 28.7 Å². The zero-order valence-corrected chi connectivity index (χ0v) is 14.2. The molecule has 1 amide bonds. The zero-order valence-electron chi connectivity index (χ0n) is 11.8. The van der Waals surface area contributed by atoms with Crippen LogP contribution in [0.4, 0.5) is 0 Å². The third kappa shape index (κ3) is 7.13. The summed E-state index contributed by atoms with van der Waals surface area (Å²) in [6.07, 6.45) is 0. The fourth-order valence-corrected chi connectivity index (χ4v) is 2.42. The van der Waals surface area contributed by atoms with Crippen molar-refractivity contribution in [2.24, 2.45) is 0 Å². The second kappa shape index (κ2) is 10.00. The van der Waals surface area contributed by atoms with E-state index < -0.39 is 0 Å². The maximum absolute atomic E-state index is 11.7. The molecule has 118 valence electrons. The number of hydrogen-bond donors (Lipinski definition) is 2. The predicted molar refractivity (Wildman–Crippen MR) is 89.2 cm³/mol. The lowest BCUT2D eigenvalue weighted by molar-refractivity contribution is -0.123. The maximum atomic E-state index is 11.7. The summed E-state index contributed by atoms with van der Waals surface area (Å²) >= 11 is 3.36. The second-order valence-corrected chi connectivity index (χ2v) is 5.60. The lowest BCUT2D eigenvalue weighted by atomic mass is 10.3. The molecule has 5 nitrogen and oxygen atoms in total. The molecule has 0 aliphatic carbocycles. The largest absolute Gasteiger partial charge is 0.484 e. The molecule has 2 N–H and O–H groups in total. The highest BCUT2D eigenvalue weighted by atomic mass is 79.9. The molecule has 7 heteroatoms. The summed E-state index contributed by atoms with van der Waals surface area (Å²) < 4.78 is 6.36. The summed E-state index contributed by atoms with van der Waals surface area (Å²) in [5, 5.41) is 6.18. The van der Waals surface area contributed by atoms with E-state index in [1.165, 1.54) is 0 Å². The van der Waals surface area contributed by atoms with Crippen LogP contribution in [-0.4, -0.2) is 56.7 Å². The zero-order chi connectivity index (χ0) is 14.2. The van der Waals surface area contributed by atoms with Gasteiger partial charge in [-0.15, -0.1) is 12.4 Å². The Labute approximate surface area is 140 Å². The number of rotatable bonds is 6. The second-order valence-electron chi connectivity index (χ2n) is 4.69. The van der Waals surface area contributed by atoms with Gasteiger partial charge in [0.15, 0.2) is 6.61 Å². The van der Waals surface area contributed by atoms with Gasteiger partial charge in [0.05, 0.1) is 0 Å². The summed E-state index contributed by atoms with van der Waals surface area (Å²) in [6, 6.07) is 7.47. The van der Waals surface area contributed by atoms with Crippen molar-refractivity contribution in [2.75, 3.05) is 45.9 Å². The normalized spacial score (nSPS) is 15.1. The fraction of sp³-hybridized carbons (Fsp3) is 0.500. The molecule has 0 unspecified atom stereocenters. The van der Waals surface area contributed by atoms with Gasteiger partial charge in [-0.3, -0.25) is 9.69 Å². The van der Waals surface area contributed by atoms with E-state index in [-0.39, 0.29) is 24.9 Å². The van der Waals surface area contributed by atoms with Crippen LogP contribution in [0, 0.1) is 0 Å². The number of benzene rings is 1. The summed E-state index contributed by atoms with van der Waals surface area (Å²) in [5.74, 6) is 0.608. The average Bonchev–Trinajstić information content (AvgIpc) is 2.46. The molecule has 1 saturated heterocycles. The highest BCUT2D eigenvalue weighted by Gasteiger charge is 2.09. The minimum Gasteiger partial charge on any atom is -0.484 e. The molecule has 1 aliphatic heterocycles. The Balaban J connectivity index is 0.00000220. The molecule has 0 bridgehead atoms. The van der Waals surface area contributed by atoms with Crippen LogP contribution in [0.15, 0.2) is 28.7 Å². The van der Waals surface area contributed by atoms with Crippen molar-refractivity contribution in [1.29, 1.82) is 0 Å². The average molecular weight is 379 g/mol. The molecule has 0 atom stereocenters. The molecule has 1 aliphatic rings. The topological polar surface area (TPSA) is 53.6 Å². The molecule has 0 spiro atoms. The van der Waals surface area contributed by atoms with E-state index in [1.54, 1.807) is 0 Å². The predicted octanol–water partition coefficient (Wildman–Crippen LogP) is 1.27. The van der Waals surface area contributed by atoms with Crippen LogP contribution in [0.1, 0.15) is 0 Å². The van der Waals surface area contributed by atoms with Gasteiger partial charge in [0.25, 0.3) is 5.91 Å². The van der Waals surface area contributed by atoms with Gasteiger partial charge in [-0.05, 0) is 18.2 Å². The standard InChI is InChI=1S/C14H20BrN3O2.ClH/c15-12-2-1-3-13(10-12)20-11-14(19)17-6-9-18-7-4-16-5-8-18;/h1-3,10,16H,4-9,11H2,(H,17,19);1H. The van der Waals surface area contributed by atoms with Crippen molar-refractivity contribution in [2.45, 2.75) is 0 Å². The SMILES string of the molecule is Cl.O=C(COc1cccc(Br)c1)NCCN1CCNCC1. The van der Waals surface area contributed by atoms with Crippen LogP contribution in [0.2, 0.25) is 0 Å². The van der Waals surface area contributed by atoms with Gasteiger partial charge in [-0.25, -0.2) is 0 Å². The van der Waals surface area contributed by atoms with Crippen LogP contribution < -0.4 is 15.4 Å². The summed E-state index contributed by atoms with van der Waals surface area (Å²) in [6.45, 7) is 5.76. The molecular formula is C14H21BrClN3O2.